The molecule has 0 radical (unpaired) electrons. The molecule has 1 saturated heterocycles. The van der Waals surface area contributed by atoms with Crippen LogP contribution in [0.25, 0.3) is 0 Å². The van der Waals surface area contributed by atoms with Crippen LogP contribution in [0, 0.1) is 0 Å². The molecule has 12 heteroatoms. The van der Waals surface area contributed by atoms with Crippen molar-refractivity contribution in [3.05, 3.63) is 11.6 Å². The van der Waals surface area contributed by atoms with Gasteiger partial charge >= 0.3 is 12.2 Å². The van der Waals surface area contributed by atoms with Crippen molar-refractivity contribution in [3.8, 4) is 0 Å². The number of amides is 3. The zero-order valence-electron chi connectivity index (χ0n) is 11.2. The number of nitrogens with zero attached hydrogens (tertiary/aromatic N) is 3. The molecular weight excluding hydrogens is 309 g/mol. The number of hydrogen-bond donors (Lipinski definition) is 3. The topological polar surface area (TPSA) is 126 Å². The second-order valence-corrected chi connectivity index (χ2v) is 4.47. The van der Waals surface area contributed by atoms with E-state index in [0.29, 0.717) is 0 Å². The molecule has 2 heterocycles. The zero-order chi connectivity index (χ0) is 16.3. The summed E-state index contributed by atoms with van der Waals surface area (Å²) >= 11 is 0. The van der Waals surface area contributed by atoms with Gasteiger partial charge in [0.15, 0.2) is 6.10 Å². The standard InChI is InChI=1S/C10H13F3N6O3/c11-10(12,13)8-16-6(17-18-8)3-15-9(21)19-1-2-22-5(4-19)7(14)20/h5H,1-4H2,(H2,14,20)(H,15,21)(H,16,17,18). The molecule has 2 rings (SSSR count). The first-order valence-electron chi connectivity index (χ1n) is 6.19. The van der Waals surface area contributed by atoms with Gasteiger partial charge in [-0.05, 0) is 0 Å². The number of alkyl halides is 3. The largest absolute Gasteiger partial charge is 0.453 e. The fourth-order valence-corrected chi connectivity index (χ4v) is 1.78. The molecule has 1 fully saturated rings. The van der Waals surface area contributed by atoms with Crippen LogP contribution in [-0.2, 0) is 22.3 Å². The van der Waals surface area contributed by atoms with Crippen LogP contribution >= 0.6 is 0 Å². The van der Waals surface area contributed by atoms with Crippen LogP contribution in [0.2, 0.25) is 0 Å². The first-order chi connectivity index (χ1) is 10.3. The van der Waals surface area contributed by atoms with Crippen molar-refractivity contribution in [3.63, 3.8) is 0 Å². The van der Waals surface area contributed by atoms with E-state index in [-0.39, 0.29) is 32.1 Å². The van der Waals surface area contributed by atoms with Gasteiger partial charge in [0.1, 0.15) is 5.82 Å². The molecule has 1 atom stereocenters. The summed E-state index contributed by atoms with van der Waals surface area (Å²) in [6.07, 6.45) is -5.56. The molecule has 1 aromatic rings. The molecule has 0 aliphatic carbocycles. The molecule has 0 bridgehead atoms. The SMILES string of the molecule is NC(=O)C1CN(C(=O)NCc2nc(C(F)(F)F)n[nH]2)CCO1. The summed E-state index contributed by atoms with van der Waals surface area (Å²) in [7, 11) is 0. The van der Waals surface area contributed by atoms with Gasteiger partial charge in [0, 0.05) is 6.54 Å². The van der Waals surface area contributed by atoms with E-state index in [9.17, 15) is 22.8 Å². The van der Waals surface area contributed by atoms with Crippen molar-refractivity contribution in [2.24, 2.45) is 5.73 Å². The summed E-state index contributed by atoms with van der Waals surface area (Å²) in [4.78, 5) is 27.4. The van der Waals surface area contributed by atoms with Crippen LogP contribution in [0.5, 0.6) is 0 Å². The van der Waals surface area contributed by atoms with Gasteiger partial charge in [-0.3, -0.25) is 9.89 Å². The van der Waals surface area contributed by atoms with Gasteiger partial charge < -0.3 is 20.7 Å². The lowest BCUT2D eigenvalue weighted by Crippen LogP contribution is -2.53. The molecular formula is C10H13F3N6O3. The minimum Gasteiger partial charge on any atom is -0.367 e. The summed E-state index contributed by atoms with van der Waals surface area (Å²) in [5, 5.41) is 7.46. The van der Waals surface area contributed by atoms with Gasteiger partial charge in [0.05, 0.1) is 19.7 Å². The number of nitrogens with one attached hydrogen (secondary N) is 2. The van der Waals surface area contributed by atoms with E-state index in [4.69, 9.17) is 10.5 Å². The second-order valence-electron chi connectivity index (χ2n) is 4.47. The Morgan fingerprint density at radius 2 is 2.23 bits per heavy atom. The Bertz CT molecular complexity index is 560. The lowest BCUT2D eigenvalue weighted by molar-refractivity contribution is -0.144. The molecule has 0 saturated carbocycles. The number of aromatic nitrogens is 3. The Morgan fingerprint density at radius 1 is 1.50 bits per heavy atom. The number of ether oxygens (including phenoxy) is 1. The minimum absolute atomic E-state index is 0.0224. The van der Waals surface area contributed by atoms with Gasteiger partial charge in [0.25, 0.3) is 5.82 Å². The maximum Gasteiger partial charge on any atom is 0.453 e. The molecule has 0 spiro atoms. The number of primary amides is 1. The number of aromatic amines is 1. The maximum absolute atomic E-state index is 12.3. The predicted molar refractivity (Wildman–Crippen MR) is 64.1 cm³/mol. The average molecular weight is 322 g/mol. The third-order valence-electron chi connectivity index (χ3n) is 2.86. The predicted octanol–water partition coefficient (Wildman–Crippen LogP) is -0.781. The van der Waals surface area contributed by atoms with Crippen molar-refractivity contribution in [1.29, 1.82) is 0 Å². The number of rotatable bonds is 3. The zero-order valence-corrected chi connectivity index (χ0v) is 11.2. The lowest BCUT2D eigenvalue weighted by atomic mass is 10.2. The fraction of sp³-hybridized carbons (Fsp3) is 0.600. The molecule has 9 nitrogen and oxygen atoms in total. The minimum atomic E-state index is -4.66. The highest BCUT2D eigenvalue weighted by atomic mass is 19.4. The van der Waals surface area contributed by atoms with Gasteiger partial charge in [-0.15, -0.1) is 5.10 Å². The molecule has 122 valence electrons. The van der Waals surface area contributed by atoms with E-state index in [2.05, 4.69) is 20.5 Å². The normalized spacial score (nSPS) is 19.0. The van der Waals surface area contributed by atoms with E-state index in [0.717, 1.165) is 0 Å². The fourth-order valence-electron chi connectivity index (χ4n) is 1.78. The van der Waals surface area contributed by atoms with Gasteiger partial charge in [-0.1, -0.05) is 0 Å². The third-order valence-corrected chi connectivity index (χ3v) is 2.86. The molecule has 1 aliphatic rings. The Hall–Kier alpha value is -2.37. The van der Waals surface area contributed by atoms with Crippen LogP contribution in [0.4, 0.5) is 18.0 Å². The highest BCUT2D eigenvalue weighted by Crippen LogP contribution is 2.25. The lowest BCUT2D eigenvalue weighted by Gasteiger charge is -2.31. The van der Waals surface area contributed by atoms with E-state index in [1.165, 1.54) is 4.90 Å². The third kappa shape index (κ3) is 3.84. The number of nitrogens with two attached hydrogens (primary N) is 1. The highest BCUT2D eigenvalue weighted by Gasteiger charge is 2.36. The van der Waals surface area contributed by atoms with Gasteiger partial charge in [-0.2, -0.15) is 13.2 Å². The number of morpholine rings is 1. The van der Waals surface area contributed by atoms with Crippen molar-refractivity contribution >= 4 is 11.9 Å². The number of H-pyrrole nitrogens is 1. The summed E-state index contributed by atoms with van der Waals surface area (Å²) in [6, 6.07) is -0.570. The van der Waals surface area contributed by atoms with Crippen molar-refractivity contribution in [2.75, 3.05) is 19.7 Å². The van der Waals surface area contributed by atoms with E-state index in [1.54, 1.807) is 0 Å². The smallest absolute Gasteiger partial charge is 0.367 e. The number of carbonyl (C=O) groups excluding carboxylic acids is 2. The second kappa shape index (κ2) is 6.17. The summed E-state index contributed by atoms with van der Waals surface area (Å²) in [5.74, 6) is -2.14. The average Bonchev–Trinajstić information content (AvgIpc) is 2.94. The van der Waals surface area contributed by atoms with Crippen molar-refractivity contribution in [2.45, 2.75) is 18.8 Å². The number of hydrogen-bond acceptors (Lipinski definition) is 5. The van der Waals surface area contributed by atoms with Crippen LogP contribution < -0.4 is 11.1 Å². The molecule has 0 aromatic carbocycles. The van der Waals surface area contributed by atoms with E-state index < -0.39 is 30.0 Å². The molecule has 1 aliphatic heterocycles. The molecule has 3 amide bonds. The maximum atomic E-state index is 12.3. The Labute approximate surface area is 122 Å². The van der Waals surface area contributed by atoms with Gasteiger partial charge in [-0.25, -0.2) is 9.78 Å². The van der Waals surface area contributed by atoms with Crippen LogP contribution in [0.1, 0.15) is 11.6 Å². The molecule has 4 N–H and O–H groups in total. The monoisotopic (exact) mass is 322 g/mol. The summed E-state index contributed by atoms with van der Waals surface area (Å²) < 4.78 is 42.0. The van der Waals surface area contributed by atoms with Crippen LogP contribution in [0.15, 0.2) is 0 Å². The van der Waals surface area contributed by atoms with Crippen molar-refractivity contribution < 1.29 is 27.5 Å². The number of carbonyl (C=O) groups is 2. The summed E-state index contributed by atoms with van der Waals surface area (Å²) in [5.41, 5.74) is 5.09. The molecule has 22 heavy (non-hydrogen) atoms. The number of urea groups is 1. The molecule has 1 unspecified atom stereocenters. The van der Waals surface area contributed by atoms with E-state index in [1.807, 2.05) is 0 Å². The van der Waals surface area contributed by atoms with Gasteiger partial charge in [0.2, 0.25) is 5.91 Å². The first-order valence-corrected chi connectivity index (χ1v) is 6.19. The Balaban J connectivity index is 1.87. The van der Waals surface area contributed by atoms with Crippen LogP contribution in [0.3, 0.4) is 0 Å². The van der Waals surface area contributed by atoms with Crippen LogP contribution in [-0.4, -0.2) is 57.8 Å². The summed E-state index contributed by atoms with van der Waals surface area (Å²) in [6.45, 7) is 0.0905. The first kappa shape index (κ1) is 16.0. The number of halogens is 3. The highest BCUT2D eigenvalue weighted by molar-refractivity contribution is 5.81. The Kier molecular flexibility index (Phi) is 4.49. The Morgan fingerprint density at radius 3 is 2.82 bits per heavy atom. The van der Waals surface area contributed by atoms with Crippen molar-refractivity contribution in [1.82, 2.24) is 25.4 Å². The molecule has 1 aromatic heterocycles. The van der Waals surface area contributed by atoms with E-state index >= 15 is 0 Å². The quantitative estimate of drug-likeness (QED) is 0.673.